The van der Waals surface area contributed by atoms with Gasteiger partial charge in [0, 0.05) is 0 Å². The molecule has 1 nitrogen and oxygen atoms in total. The minimum atomic E-state index is -0.371. The van der Waals surface area contributed by atoms with Crippen molar-refractivity contribution in [2.75, 3.05) is 0 Å². The first kappa shape index (κ1) is 14.2. The highest BCUT2D eigenvalue weighted by atomic mass is 16.3. The second-order valence-corrected chi connectivity index (χ2v) is 4.49. The lowest BCUT2D eigenvalue weighted by atomic mass is 9.89. The first-order chi connectivity index (χ1) is 6.97. The smallest absolute Gasteiger partial charge is 0.0718 e. The molecule has 2 atom stereocenters. The highest BCUT2D eigenvalue weighted by molar-refractivity contribution is 5.12. The van der Waals surface area contributed by atoms with E-state index in [-0.39, 0.29) is 6.10 Å². The summed E-state index contributed by atoms with van der Waals surface area (Å²) in [4.78, 5) is 0. The Bertz CT molecular complexity index is 225. The lowest BCUT2D eigenvalue weighted by Crippen LogP contribution is -2.10. The number of aliphatic hydroxyl groups excluding tert-OH is 1. The Morgan fingerprint density at radius 3 is 2.33 bits per heavy atom. The van der Waals surface area contributed by atoms with Crippen molar-refractivity contribution in [1.82, 2.24) is 0 Å². The molecule has 15 heavy (non-hydrogen) atoms. The molecule has 0 aromatic heterocycles. The fourth-order valence-corrected chi connectivity index (χ4v) is 1.42. The van der Waals surface area contributed by atoms with Crippen molar-refractivity contribution in [2.45, 2.75) is 39.7 Å². The topological polar surface area (TPSA) is 20.2 Å². The van der Waals surface area contributed by atoms with E-state index in [0.29, 0.717) is 11.8 Å². The van der Waals surface area contributed by atoms with Gasteiger partial charge in [0.15, 0.2) is 0 Å². The van der Waals surface area contributed by atoms with E-state index in [1.165, 1.54) is 0 Å². The van der Waals surface area contributed by atoms with Gasteiger partial charge in [-0.05, 0) is 31.6 Å². The number of allylic oxidation sites excluding steroid dienone is 3. The van der Waals surface area contributed by atoms with Gasteiger partial charge in [-0.3, -0.25) is 0 Å². The summed E-state index contributed by atoms with van der Waals surface area (Å²) >= 11 is 0. The molecule has 1 N–H and O–H groups in total. The average Bonchev–Trinajstić information content (AvgIpc) is 2.16. The maximum absolute atomic E-state index is 9.41. The molecule has 0 saturated heterocycles. The molecule has 0 bridgehead atoms. The van der Waals surface area contributed by atoms with Crippen molar-refractivity contribution < 1.29 is 5.11 Å². The number of hydrogen-bond donors (Lipinski definition) is 1. The van der Waals surface area contributed by atoms with Crippen LogP contribution in [0.4, 0.5) is 0 Å². The summed E-state index contributed by atoms with van der Waals surface area (Å²) in [6, 6.07) is 0. The Labute approximate surface area is 94.2 Å². The molecule has 0 saturated carbocycles. The molecule has 0 heterocycles. The second-order valence-electron chi connectivity index (χ2n) is 4.49. The van der Waals surface area contributed by atoms with E-state index < -0.39 is 0 Å². The molecule has 0 fully saturated rings. The van der Waals surface area contributed by atoms with Gasteiger partial charge in [-0.15, -0.1) is 6.58 Å². The molecule has 0 amide bonds. The standard InChI is InChI=1S/C14H24O/c1-6-14(15)10-9-13(12(4)5)8-7-11(2)3/h6-8,12-15H,1-2,9-10H2,3-5H3/b8-7+. The predicted molar refractivity (Wildman–Crippen MR) is 67.7 cm³/mol. The third-order valence-corrected chi connectivity index (χ3v) is 2.55. The van der Waals surface area contributed by atoms with Crippen LogP contribution < -0.4 is 0 Å². The number of hydrogen-bond acceptors (Lipinski definition) is 1. The minimum Gasteiger partial charge on any atom is -0.389 e. The van der Waals surface area contributed by atoms with E-state index in [9.17, 15) is 5.11 Å². The van der Waals surface area contributed by atoms with Crippen LogP contribution in [0.5, 0.6) is 0 Å². The third kappa shape index (κ3) is 7.15. The molecular weight excluding hydrogens is 184 g/mol. The zero-order chi connectivity index (χ0) is 11.8. The fourth-order valence-electron chi connectivity index (χ4n) is 1.42. The molecule has 0 spiro atoms. The third-order valence-electron chi connectivity index (χ3n) is 2.55. The zero-order valence-corrected chi connectivity index (χ0v) is 10.2. The van der Waals surface area contributed by atoms with Gasteiger partial charge in [-0.2, -0.15) is 0 Å². The van der Waals surface area contributed by atoms with Crippen molar-refractivity contribution in [1.29, 1.82) is 0 Å². The molecule has 0 aromatic carbocycles. The molecule has 0 aliphatic rings. The van der Waals surface area contributed by atoms with Crippen LogP contribution in [0.15, 0.2) is 37.0 Å². The van der Waals surface area contributed by atoms with Crippen LogP contribution in [-0.2, 0) is 0 Å². The van der Waals surface area contributed by atoms with Gasteiger partial charge in [0.05, 0.1) is 6.10 Å². The summed E-state index contributed by atoms with van der Waals surface area (Å²) in [5.74, 6) is 1.11. The first-order valence-corrected chi connectivity index (χ1v) is 5.61. The maximum Gasteiger partial charge on any atom is 0.0718 e. The molecule has 1 heteroatoms. The van der Waals surface area contributed by atoms with Gasteiger partial charge in [-0.25, -0.2) is 0 Å². The van der Waals surface area contributed by atoms with E-state index in [4.69, 9.17) is 0 Å². The summed E-state index contributed by atoms with van der Waals surface area (Å²) in [5.41, 5.74) is 1.07. The van der Waals surface area contributed by atoms with Gasteiger partial charge in [-0.1, -0.05) is 44.2 Å². The van der Waals surface area contributed by atoms with Crippen LogP contribution in [0.2, 0.25) is 0 Å². The molecule has 86 valence electrons. The summed E-state index contributed by atoms with van der Waals surface area (Å²) in [6.07, 6.45) is 7.26. The van der Waals surface area contributed by atoms with Crippen LogP contribution in [0.1, 0.15) is 33.6 Å². The summed E-state index contributed by atoms with van der Waals surface area (Å²) < 4.78 is 0. The van der Waals surface area contributed by atoms with Crippen molar-refractivity contribution in [3.63, 3.8) is 0 Å². The average molecular weight is 208 g/mol. The van der Waals surface area contributed by atoms with Crippen molar-refractivity contribution >= 4 is 0 Å². The Balaban J connectivity index is 4.16. The summed E-state index contributed by atoms with van der Waals surface area (Å²) in [5, 5.41) is 9.41. The van der Waals surface area contributed by atoms with Crippen molar-refractivity contribution in [2.24, 2.45) is 11.8 Å². The summed E-state index contributed by atoms with van der Waals surface area (Å²) in [6.45, 7) is 13.8. The zero-order valence-electron chi connectivity index (χ0n) is 10.2. The van der Waals surface area contributed by atoms with E-state index >= 15 is 0 Å². The van der Waals surface area contributed by atoms with E-state index in [2.05, 4.69) is 39.2 Å². The monoisotopic (exact) mass is 208 g/mol. The Hall–Kier alpha value is -0.820. The van der Waals surface area contributed by atoms with Gasteiger partial charge in [0.1, 0.15) is 0 Å². The van der Waals surface area contributed by atoms with E-state index in [1.807, 2.05) is 6.92 Å². The second kappa shape index (κ2) is 7.47. The molecule has 0 aromatic rings. The molecular formula is C14H24O. The highest BCUT2D eigenvalue weighted by Crippen LogP contribution is 2.20. The van der Waals surface area contributed by atoms with E-state index in [0.717, 1.165) is 18.4 Å². The number of aliphatic hydroxyl groups is 1. The quantitative estimate of drug-likeness (QED) is 0.499. The molecule has 2 unspecified atom stereocenters. The molecule has 0 radical (unpaired) electrons. The SMILES string of the molecule is C=CC(O)CCC(/C=C/C(=C)C)C(C)C. The van der Waals surface area contributed by atoms with Crippen LogP contribution in [-0.4, -0.2) is 11.2 Å². The molecule has 0 aliphatic carbocycles. The van der Waals surface area contributed by atoms with Gasteiger partial charge >= 0.3 is 0 Å². The lowest BCUT2D eigenvalue weighted by Gasteiger charge is -2.17. The highest BCUT2D eigenvalue weighted by Gasteiger charge is 2.11. The van der Waals surface area contributed by atoms with Crippen LogP contribution in [0, 0.1) is 11.8 Å². The van der Waals surface area contributed by atoms with Crippen molar-refractivity contribution in [3.8, 4) is 0 Å². The van der Waals surface area contributed by atoms with Gasteiger partial charge in [0.2, 0.25) is 0 Å². The van der Waals surface area contributed by atoms with Gasteiger partial charge in [0.25, 0.3) is 0 Å². The lowest BCUT2D eigenvalue weighted by molar-refractivity contribution is 0.199. The van der Waals surface area contributed by atoms with Crippen LogP contribution >= 0.6 is 0 Å². The Morgan fingerprint density at radius 2 is 1.93 bits per heavy atom. The predicted octanol–water partition coefficient (Wildman–Crippen LogP) is 3.72. The normalized spacial score (nSPS) is 15.5. The molecule has 0 rings (SSSR count). The van der Waals surface area contributed by atoms with Crippen molar-refractivity contribution in [3.05, 3.63) is 37.0 Å². The van der Waals surface area contributed by atoms with Crippen LogP contribution in [0.25, 0.3) is 0 Å². The van der Waals surface area contributed by atoms with Crippen LogP contribution in [0.3, 0.4) is 0 Å². The maximum atomic E-state index is 9.41. The Morgan fingerprint density at radius 1 is 1.33 bits per heavy atom. The minimum absolute atomic E-state index is 0.371. The largest absolute Gasteiger partial charge is 0.389 e. The Kier molecular flexibility index (Phi) is 7.06. The number of rotatable bonds is 7. The molecule has 0 aliphatic heterocycles. The first-order valence-electron chi connectivity index (χ1n) is 5.61. The van der Waals surface area contributed by atoms with Gasteiger partial charge < -0.3 is 5.11 Å². The summed E-state index contributed by atoms with van der Waals surface area (Å²) in [7, 11) is 0. The van der Waals surface area contributed by atoms with E-state index in [1.54, 1.807) is 6.08 Å². The fraction of sp³-hybridized carbons (Fsp3) is 0.571.